The number of aromatic amines is 5. The molecule has 0 aliphatic heterocycles. The third-order valence-corrected chi connectivity index (χ3v) is 30.0. The lowest BCUT2D eigenvalue weighted by atomic mass is 10.1. The molecule has 0 aliphatic rings. The van der Waals surface area contributed by atoms with Gasteiger partial charge in [0, 0.05) is 63.0 Å². The SMILES string of the molecule is [2H]C([2H])([2H])c1cnc(C(=O)c2ncnc3nc[nH]c23)c(NS(=O)(=O)c2ccc(Cl)c(C)c2)c1.[2H]C([2H])c1cnc(C(=O)c2ncnc3nc[nH]c23)c(NS(=O)(=O)c2ccc(Cl)c(C)c2)c1.[2H]c1c(S(=O)(=O)Nc2cc(C)cnc2C(=O)c2ncnc3nc[nH]c23)ccc(Cl)c1C.[2H]c1cc(Cl)c(C)cc1S(=O)(=O)Nc1cc(C)cnc1C(=O)c1ncnc2nc[nH]c12.[2H]c1cc(S(=O)(=O)Nc2cc(C)cnc2C(=O)c2ncnc3nc[nH]c23)cc(C)c1Cl. The highest BCUT2D eigenvalue weighted by Gasteiger charge is 2.33. The first-order valence-electron chi connectivity index (χ1n) is 47.0. The van der Waals surface area contributed by atoms with Crippen LogP contribution in [0.4, 0.5) is 28.4 Å². The number of H-pyrrole nitrogens is 5. The van der Waals surface area contributed by atoms with Gasteiger partial charge in [-0.2, -0.15) is 0 Å². The molecule has 150 heavy (non-hydrogen) atoms. The molecule has 0 spiro atoms. The Hall–Kier alpha value is -16.9. The van der Waals surface area contributed by atoms with E-state index in [0.717, 1.165) is 31.0 Å². The Bertz CT molecular complexity index is 9720. The largest absolute Gasteiger partial charge is 0.341 e. The van der Waals surface area contributed by atoms with Crippen LogP contribution >= 0.6 is 58.0 Å². The van der Waals surface area contributed by atoms with Crippen LogP contribution in [0.2, 0.25) is 25.1 Å². The van der Waals surface area contributed by atoms with Crippen molar-refractivity contribution in [3.8, 4) is 0 Å². The van der Waals surface area contributed by atoms with Crippen molar-refractivity contribution in [2.24, 2.45) is 0 Å². The summed E-state index contributed by atoms with van der Waals surface area (Å²) >= 11 is 29.9. The zero-order chi connectivity index (χ0) is 114. The lowest BCUT2D eigenvalue weighted by Crippen LogP contribution is -2.18. The Morgan fingerprint density at radius 2 is 0.507 bits per heavy atom. The van der Waals surface area contributed by atoms with E-state index in [0.29, 0.717) is 88.0 Å². The van der Waals surface area contributed by atoms with Crippen molar-refractivity contribution in [1.82, 2.24) is 125 Å². The van der Waals surface area contributed by atoms with Crippen LogP contribution in [0.25, 0.3) is 55.8 Å². The summed E-state index contributed by atoms with van der Waals surface area (Å²) in [5, 5.41) is 1.51. The number of rotatable bonds is 25. The number of ketones is 5. The zero-order valence-corrected chi connectivity index (χ0v) is 85.9. The number of imidazole rings is 5. The number of hydrogen-bond acceptors (Lipinski definition) is 35. The second kappa shape index (κ2) is 43.7. The van der Waals surface area contributed by atoms with Crippen molar-refractivity contribution in [1.29, 1.82) is 0 Å². The summed E-state index contributed by atoms with van der Waals surface area (Å²) in [6.07, 6.45) is 19.2. The molecule has 15 aromatic heterocycles. The Balaban J connectivity index is 0.000000139. The molecular formula is C95H75Cl5N30O15S5. The van der Waals surface area contributed by atoms with Crippen LogP contribution < -0.4 is 23.6 Å². The number of aromatic nitrogens is 25. The van der Waals surface area contributed by atoms with Gasteiger partial charge in [-0.05, 0) is 246 Å². The van der Waals surface area contributed by atoms with Gasteiger partial charge in [0.25, 0.3) is 50.1 Å². The molecule has 10 N–H and O–H groups in total. The zero-order valence-electron chi connectivity index (χ0n) is 86.1. The van der Waals surface area contributed by atoms with E-state index in [9.17, 15) is 66.1 Å². The number of hydrogen-bond donors (Lipinski definition) is 10. The second-order valence-corrected chi connectivity index (χ2v) is 42.4. The van der Waals surface area contributed by atoms with E-state index in [1.54, 1.807) is 55.4 Å². The van der Waals surface area contributed by atoms with Gasteiger partial charge in [-0.3, -0.25) is 72.5 Å². The Morgan fingerprint density at radius 1 is 0.260 bits per heavy atom. The quantitative estimate of drug-likeness (QED) is 0.0238. The number of benzene rings is 5. The number of aryl methyl sites for hydroxylation is 9. The fraction of sp³-hybridized carbons (Fsp3) is 0.105. The average Bonchev–Trinajstić information content (AvgIpc) is 1.37. The highest BCUT2D eigenvalue weighted by Crippen LogP contribution is 2.35. The van der Waals surface area contributed by atoms with Crippen molar-refractivity contribution in [2.45, 2.75) is 93.6 Å². The minimum Gasteiger partial charge on any atom is -0.341 e. The highest BCUT2D eigenvalue weighted by atomic mass is 35.5. The fourth-order valence-electron chi connectivity index (χ4n) is 13.9. The van der Waals surface area contributed by atoms with Gasteiger partial charge in [-0.25, -0.2) is 117 Å². The second-order valence-electron chi connectivity index (χ2n) is 32.1. The van der Waals surface area contributed by atoms with Gasteiger partial charge >= 0.3 is 0 Å². The summed E-state index contributed by atoms with van der Waals surface area (Å²) in [6, 6.07) is 22.0. The van der Waals surface area contributed by atoms with E-state index in [4.69, 9.17) is 69.0 Å². The lowest BCUT2D eigenvalue weighted by molar-refractivity contribution is 0.102. The monoisotopic (exact) mass is 2220 g/mol. The van der Waals surface area contributed by atoms with Crippen molar-refractivity contribution in [2.75, 3.05) is 23.6 Å². The molecule has 20 rings (SSSR count). The molecule has 760 valence electrons. The molecule has 15 heterocycles. The number of carbonyl (C=O) groups excluding carboxylic acids is 5. The maximum Gasteiger partial charge on any atom is 0.261 e. The predicted octanol–water partition coefficient (Wildman–Crippen LogP) is 15.2. The molecule has 0 bridgehead atoms. The van der Waals surface area contributed by atoms with Crippen molar-refractivity contribution in [3.05, 3.63) is 353 Å². The number of halogens is 5. The van der Waals surface area contributed by atoms with E-state index < -0.39 is 92.8 Å². The van der Waals surface area contributed by atoms with E-state index in [-0.39, 0.29) is 177 Å². The molecule has 0 unspecified atom stereocenters. The smallest absolute Gasteiger partial charge is 0.261 e. The minimum absolute atomic E-state index is 0.00261. The minimum atomic E-state index is -4.22. The molecule has 0 fully saturated rings. The summed E-state index contributed by atoms with van der Waals surface area (Å²) in [5.41, 5.74) is 5.12. The Labute approximate surface area is 887 Å². The Kier molecular flexibility index (Phi) is 27.8. The Morgan fingerprint density at radius 3 is 0.813 bits per heavy atom. The standard InChI is InChI=1S/5C19H15ClN6O3S/c5*1-10-5-14(26-30(28,29)12-3-4-13(20)11(2)6-12)15(21-7-10)18(27)16-17-19(24-8-22-16)25-9-23-17/h5*3-9,26H,1-2H3,(H,22,23,24,25)/i6D;4D;3D;1D3;1D2. The van der Waals surface area contributed by atoms with Crippen LogP contribution in [0.1, 0.15) is 148 Å². The number of fused-ring (bicyclic) bond motifs is 5. The summed E-state index contributed by atoms with van der Waals surface area (Å²) in [5.74, 6) is -3.29. The summed E-state index contributed by atoms with van der Waals surface area (Å²) in [4.78, 5) is 159. The van der Waals surface area contributed by atoms with Crippen LogP contribution in [0.5, 0.6) is 0 Å². The molecule has 55 heteroatoms. The van der Waals surface area contributed by atoms with Crippen LogP contribution in [-0.2, 0) is 50.1 Å². The number of pyridine rings is 5. The first kappa shape index (κ1) is 95.4. The van der Waals surface area contributed by atoms with E-state index in [2.05, 4.69) is 148 Å². The number of nitrogens with one attached hydrogen (secondary N) is 10. The van der Waals surface area contributed by atoms with E-state index in [1.165, 1.54) is 166 Å². The van der Waals surface area contributed by atoms with Crippen molar-refractivity contribution < 1.29 is 77.0 Å². The maximum atomic E-state index is 13.3. The van der Waals surface area contributed by atoms with Gasteiger partial charge in [0.2, 0.25) is 28.9 Å². The summed E-state index contributed by atoms with van der Waals surface area (Å²) < 4.78 is 204. The van der Waals surface area contributed by atoms with E-state index >= 15 is 0 Å². The van der Waals surface area contributed by atoms with Gasteiger partial charge < -0.3 is 24.9 Å². The molecule has 0 amide bonds. The molecule has 0 aliphatic carbocycles. The van der Waals surface area contributed by atoms with E-state index in [1.807, 2.05) is 0 Å². The third-order valence-electron chi connectivity index (χ3n) is 21.3. The normalized spacial score (nSPS) is 12.4. The number of anilines is 5. The molecule has 0 radical (unpaired) electrons. The van der Waals surface area contributed by atoms with Crippen LogP contribution in [-0.4, -0.2) is 196 Å². The van der Waals surface area contributed by atoms with Crippen molar-refractivity contribution in [3.63, 3.8) is 0 Å². The average molecular weight is 2220 g/mol. The lowest BCUT2D eigenvalue weighted by Gasteiger charge is -2.13. The number of sulfonamides is 5. The van der Waals surface area contributed by atoms with Gasteiger partial charge in [0.05, 0.1) is 88.7 Å². The topological polar surface area (TPSA) is 653 Å². The van der Waals surface area contributed by atoms with Crippen LogP contribution in [0.15, 0.2) is 240 Å². The molecule has 0 saturated carbocycles. The highest BCUT2D eigenvalue weighted by molar-refractivity contribution is 7.94. The maximum absolute atomic E-state index is 13.3. The molecular weight excluding hydrogens is 2140 g/mol. The number of nitrogens with zero attached hydrogens (tertiary/aromatic N) is 20. The molecule has 45 nitrogen and oxygen atoms in total. The number of carbonyl (C=O) groups is 5. The molecule has 5 aromatic carbocycles. The van der Waals surface area contributed by atoms with Gasteiger partial charge in [0.1, 0.15) is 116 Å². The van der Waals surface area contributed by atoms with Gasteiger partial charge in [0.15, 0.2) is 28.2 Å². The summed E-state index contributed by atoms with van der Waals surface area (Å²) in [6.45, 7) is 9.19. The molecule has 20 aromatic rings. The van der Waals surface area contributed by atoms with Gasteiger partial charge in [-0.15, -0.1) is 0 Å². The predicted molar refractivity (Wildman–Crippen MR) is 555 cm³/mol. The van der Waals surface area contributed by atoms with Crippen LogP contribution in [0.3, 0.4) is 0 Å². The van der Waals surface area contributed by atoms with Crippen LogP contribution in [0, 0.1) is 69.1 Å². The fourth-order valence-corrected chi connectivity index (χ4v) is 20.1. The first-order chi connectivity index (χ1) is 74.7. The van der Waals surface area contributed by atoms with Gasteiger partial charge in [-0.1, -0.05) is 58.0 Å². The van der Waals surface area contributed by atoms with Crippen molar-refractivity contribution >= 4 is 221 Å². The first-order valence-corrected chi connectivity index (χ1v) is 52.1. The molecule has 0 atom stereocenters. The molecule has 0 saturated heterocycles. The third kappa shape index (κ3) is 23.4. The summed E-state index contributed by atoms with van der Waals surface area (Å²) in [7, 11) is -20.9.